The number of likely N-dealkylation sites (N-methyl/N-ethyl adjacent to an activating group) is 1. The minimum atomic E-state index is -0.0481. The number of carbonyl (C=O) groups is 1. The molecule has 0 aliphatic rings. The summed E-state index contributed by atoms with van der Waals surface area (Å²) >= 11 is 3.20. The highest BCUT2D eigenvalue weighted by Gasteiger charge is 2.24. The van der Waals surface area contributed by atoms with Gasteiger partial charge in [0.1, 0.15) is 0 Å². The average Bonchev–Trinajstić information content (AvgIpc) is 3.53. The van der Waals surface area contributed by atoms with Crippen molar-refractivity contribution in [2.24, 2.45) is 0 Å². The van der Waals surface area contributed by atoms with Crippen LogP contribution in [0.5, 0.6) is 0 Å². The molecule has 0 atom stereocenters. The second-order valence-corrected chi connectivity index (χ2v) is 10.4. The van der Waals surface area contributed by atoms with Gasteiger partial charge in [-0.3, -0.25) is 9.69 Å². The number of carbonyl (C=O) groups excluding carboxylic acids is 1. The molecule has 8 heteroatoms. The number of nitrogens with zero attached hydrogens (tertiary/aromatic N) is 4. The molecule has 3 heterocycles. The van der Waals surface area contributed by atoms with Crippen LogP contribution in [-0.2, 0) is 6.42 Å². The summed E-state index contributed by atoms with van der Waals surface area (Å²) in [5.41, 5.74) is 4.50. The molecule has 2 aromatic carbocycles. The molecule has 0 spiro atoms. The number of thiophene rings is 1. The number of pyridine rings is 1. The van der Waals surface area contributed by atoms with E-state index in [1.165, 1.54) is 5.56 Å². The monoisotopic (exact) mass is 522 g/mol. The van der Waals surface area contributed by atoms with Gasteiger partial charge in [-0.2, -0.15) is 0 Å². The fraction of sp³-hybridized carbons (Fsp3) is 0.222. The Balaban J connectivity index is 0.00000289. The average molecular weight is 523 g/mol. The van der Waals surface area contributed by atoms with Crippen molar-refractivity contribution in [1.82, 2.24) is 14.9 Å². The Morgan fingerprint density at radius 1 is 0.943 bits per heavy atom. The topological polar surface area (TPSA) is 49.3 Å². The molecule has 0 aliphatic carbocycles. The van der Waals surface area contributed by atoms with Crippen LogP contribution in [-0.4, -0.2) is 48.0 Å². The van der Waals surface area contributed by atoms with E-state index in [0.29, 0.717) is 12.1 Å². The molecular weight excluding hydrogens is 496 g/mol. The predicted molar refractivity (Wildman–Crippen MR) is 152 cm³/mol. The number of hydrogen-bond donors (Lipinski definition) is 0. The van der Waals surface area contributed by atoms with Crippen molar-refractivity contribution in [3.8, 4) is 10.6 Å². The SMILES string of the molecule is CCc1ccc2nc(N(CCN(C)C)C(=O)c3cc(-c4cccs4)nc4ccccc34)sc2c1.Cl. The lowest BCUT2D eigenvalue weighted by Crippen LogP contribution is -2.37. The summed E-state index contributed by atoms with van der Waals surface area (Å²) in [5, 5.41) is 3.62. The molecule has 0 radical (unpaired) electrons. The first-order chi connectivity index (χ1) is 16.5. The molecule has 0 fully saturated rings. The minimum absolute atomic E-state index is 0. The lowest BCUT2D eigenvalue weighted by atomic mass is 10.1. The maximum Gasteiger partial charge on any atom is 0.260 e. The van der Waals surface area contributed by atoms with Crippen molar-refractivity contribution in [3.63, 3.8) is 0 Å². The molecule has 0 N–H and O–H groups in total. The van der Waals surface area contributed by atoms with E-state index < -0.39 is 0 Å². The Kier molecular flexibility index (Phi) is 7.82. The smallest absolute Gasteiger partial charge is 0.260 e. The van der Waals surface area contributed by atoms with Crippen molar-refractivity contribution in [2.75, 3.05) is 32.1 Å². The summed E-state index contributed by atoms with van der Waals surface area (Å²) in [6.07, 6.45) is 0.973. The van der Waals surface area contributed by atoms with E-state index >= 15 is 0 Å². The van der Waals surface area contributed by atoms with Crippen molar-refractivity contribution >= 4 is 67.2 Å². The van der Waals surface area contributed by atoms with E-state index in [1.54, 1.807) is 22.7 Å². The van der Waals surface area contributed by atoms with Gasteiger partial charge in [-0.1, -0.05) is 48.6 Å². The zero-order valence-corrected chi connectivity index (χ0v) is 22.3. The molecule has 180 valence electrons. The third kappa shape index (κ3) is 5.23. The van der Waals surface area contributed by atoms with E-state index in [1.807, 2.05) is 66.8 Å². The van der Waals surface area contributed by atoms with Crippen molar-refractivity contribution in [1.29, 1.82) is 0 Å². The molecule has 0 bridgehead atoms. The highest BCUT2D eigenvalue weighted by Crippen LogP contribution is 2.33. The fourth-order valence-electron chi connectivity index (χ4n) is 3.92. The summed E-state index contributed by atoms with van der Waals surface area (Å²) in [4.78, 5) is 28.8. The van der Waals surface area contributed by atoms with Crippen LogP contribution in [0.2, 0.25) is 0 Å². The number of amides is 1. The molecule has 3 aromatic heterocycles. The molecule has 35 heavy (non-hydrogen) atoms. The van der Waals surface area contributed by atoms with Crippen LogP contribution in [0.3, 0.4) is 0 Å². The van der Waals surface area contributed by atoms with Gasteiger partial charge < -0.3 is 4.90 Å². The lowest BCUT2D eigenvalue weighted by Gasteiger charge is -2.23. The lowest BCUT2D eigenvalue weighted by molar-refractivity contribution is 0.0986. The quantitative estimate of drug-likeness (QED) is 0.237. The molecule has 5 nitrogen and oxygen atoms in total. The summed E-state index contributed by atoms with van der Waals surface area (Å²) < 4.78 is 1.11. The van der Waals surface area contributed by atoms with Crippen LogP contribution in [0.15, 0.2) is 66.0 Å². The van der Waals surface area contributed by atoms with E-state index in [0.717, 1.165) is 49.8 Å². The number of fused-ring (bicyclic) bond motifs is 2. The first kappa shape index (κ1) is 25.3. The number of aromatic nitrogens is 2. The van der Waals surface area contributed by atoms with E-state index in [-0.39, 0.29) is 18.3 Å². The molecule has 5 rings (SSSR count). The summed E-state index contributed by atoms with van der Waals surface area (Å²) in [6.45, 7) is 3.44. The fourth-order valence-corrected chi connectivity index (χ4v) is 5.66. The molecule has 0 saturated carbocycles. The van der Waals surface area contributed by atoms with Crippen LogP contribution in [0.4, 0.5) is 5.13 Å². The molecule has 0 unspecified atom stereocenters. The normalized spacial score (nSPS) is 11.2. The molecular formula is C27H27ClN4OS2. The zero-order valence-electron chi connectivity index (χ0n) is 19.9. The van der Waals surface area contributed by atoms with Crippen LogP contribution in [0, 0.1) is 0 Å². The van der Waals surface area contributed by atoms with Crippen molar-refractivity contribution < 1.29 is 4.79 Å². The number of hydrogen-bond acceptors (Lipinski definition) is 6. The number of rotatable bonds is 7. The Bertz CT molecular complexity index is 1460. The van der Waals surface area contributed by atoms with Crippen molar-refractivity contribution in [2.45, 2.75) is 13.3 Å². The zero-order chi connectivity index (χ0) is 23.7. The van der Waals surface area contributed by atoms with Crippen LogP contribution in [0.1, 0.15) is 22.8 Å². The van der Waals surface area contributed by atoms with E-state index in [9.17, 15) is 4.79 Å². The van der Waals surface area contributed by atoms with Gasteiger partial charge in [-0.15, -0.1) is 23.7 Å². The Morgan fingerprint density at radius 3 is 2.51 bits per heavy atom. The molecule has 1 amide bonds. The highest BCUT2D eigenvalue weighted by atomic mass is 35.5. The van der Waals surface area contributed by atoms with E-state index in [2.05, 4.69) is 30.0 Å². The Morgan fingerprint density at radius 2 is 1.77 bits per heavy atom. The highest BCUT2D eigenvalue weighted by molar-refractivity contribution is 7.22. The van der Waals surface area contributed by atoms with Gasteiger partial charge in [0.15, 0.2) is 5.13 Å². The number of benzene rings is 2. The number of para-hydroxylation sites is 1. The van der Waals surface area contributed by atoms with Crippen LogP contribution >= 0.6 is 35.1 Å². The second-order valence-electron chi connectivity index (χ2n) is 8.46. The first-order valence-corrected chi connectivity index (χ1v) is 13.0. The number of halogens is 1. The Hall–Kier alpha value is -2.84. The maximum absolute atomic E-state index is 14.1. The molecule has 5 aromatic rings. The number of thiazole rings is 1. The molecule has 0 saturated heterocycles. The third-order valence-corrected chi connectivity index (χ3v) is 7.75. The standard InChI is InChI=1S/C27H26N4OS2.ClH/c1-4-18-11-12-22-25(16-18)34-27(29-22)31(14-13-30(2)3)26(32)20-17-23(24-10-7-15-33-24)28-21-9-6-5-8-19(20)21;/h5-12,15-17H,4,13-14H2,1-3H3;1H. The second kappa shape index (κ2) is 10.8. The van der Waals surface area contributed by atoms with Gasteiger partial charge in [0.25, 0.3) is 5.91 Å². The molecule has 0 aliphatic heterocycles. The predicted octanol–water partition coefficient (Wildman–Crippen LogP) is 6.77. The summed E-state index contributed by atoms with van der Waals surface area (Å²) in [7, 11) is 4.04. The number of aryl methyl sites for hydroxylation is 1. The number of anilines is 1. The van der Waals surface area contributed by atoms with Gasteiger partial charge in [0, 0.05) is 18.5 Å². The van der Waals surface area contributed by atoms with Crippen LogP contribution < -0.4 is 4.90 Å². The Labute approximate surface area is 219 Å². The van der Waals surface area contributed by atoms with Crippen LogP contribution in [0.25, 0.3) is 31.7 Å². The third-order valence-electron chi connectivity index (χ3n) is 5.82. The van der Waals surface area contributed by atoms with Gasteiger partial charge in [0.2, 0.25) is 0 Å². The largest absolute Gasteiger partial charge is 0.308 e. The van der Waals surface area contributed by atoms with E-state index in [4.69, 9.17) is 9.97 Å². The van der Waals surface area contributed by atoms with Crippen molar-refractivity contribution in [3.05, 3.63) is 77.2 Å². The minimum Gasteiger partial charge on any atom is -0.308 e. The van der Waals surface area contributed by atoms with Gasteiger partial charge in [0.05, 0.1) is 31.9 Å². The maximum atomic E-state index is 14.1. The summed E-state index contributed by atoms with van der Waals surface area (Å²) in [5.74, 6) is -0.0481. The van der Waals surface area contributed by atoms with Gasteiger partial charge in [-0.25, -0.2) is 9.97 Å². The van der Waals surface area contributed by atoms with Gasteiger partial charge in [-0.05, 0) is 61.8 Å². The summed E-state index contributed by atoms with van der Waals surface area (Å²) in [6, 6.07) is 20.2. The van der Waals surface area contributed by atoms with Gasteiger partial charge >= 0.3 is 0 Å². The first-order valence-electron chi connectivity index (χ1n) is 11.3.